The minimum Gasteiger partial charge on any atom is -0.383 e. The van der Waals surface area contributed by atoms with Gasteiger partial charge in [-0.05, 0) is 14.0 Å². The molecule has 0 fully saturated rings. The first kappa shape index (κ1) is 10.9. The van der Waals surface area contributed by atoms with Crippen LogP contribution >= 0.6 is 0 Å². The molecule has 0 rings (SSSR count). The SMILES string of the molecule is COCCN(C)CC(C)OC. The summed E-state index contributed by atoms with van der Waals surface area (Å²) in [6.45, 7) is 4.76. The van der Waals surface area contributed by atoms with E-state index in [0.29, 0.717) is 6.10 Å². The summed E-state index contributed by atoms with van der Waals surface area (Å²) in [5, 5.41) is 0. The van der Waals surface area contributed by atoms with Crippen molar-refractivity contribution in [3.05, 3.63) is 0 Å². The second-order valence-corrected chi connectivity index (χ2v) is 2.80. The van der Waals surface area contributed by atoms with E-state index in [-0.39, 0.29) is 0 Å². The predicted octanol–water partition coefficient (Wildman–Crippen LogP) is 0.600. The summed E-state index contributed by atoms with van der Waals surface area (Å²) in [7, 11) is 5.51. The van der Waals surface area contributed by atoms with E-state index in [1.807, 2.05) is 0 Å². The number of nitrogens with zero attached hydrogens (tertiary/aromatic N) is 1. The van der Waals surface area contributed by atoms with Crippen LogP contribution in [-0.2, 0) is 9.47 Å². The predicted molar refractivity (Wildman–Crippen MR) is 45.8 cm³/mol. The molecule has 3 heteroatoms. The highest BCUT2D eigenvalue weighted by molar-refractivity contribution is 4.56. The molecule has 0 aliphatic carbocycles. The quantitative estimate of drug-likeness (QED) is 0.569. The molecule has 0 saturated carbocycles. The molecule has 11 heavy (non-hydrogen) atoms. The molecule has 0 bridgehead atoms. The fourth-order valence-electron chi connectivity index (χ4n) is 0.852. The first-order chi connectivity index (χ1) is 5.20. The van der Waals surface area contributed by atoms with Crippen LogP contribution in [-0.4, -0.2) is 52.0 Å². The standard InChI is InChI=1S/C8H19NO2/c1-8(11-4)7-9(2)5-6-10-3/h8H,5-7H2,1-4H3. The molecule has 0 aliphatic rings. The van der Waals surface area contributed by atoms with Gasteiger partial charge in [-0.2, -0.15) is 0 Å². The molecule has 3 nitrogen and oxygen atoms in total. The molecule has 68 valence electrons. The van der Waals surface area contributed by atoms with Crippen molar-refractivity contribution in [3.63, 3.8) is 0 Å². The zero-order valence-electron chi connectivity index (χ0n) is 7.96. The molecule has 0 saturated heterocycles. The van der Waals surface area contributed by atoms with Crippen molar-refractivity contribution in [3.8, 4) is 0 Å². The Morgan fingerprint density at radius 2 is 2.00 bits per heavy atom. The molecule has 0 aromatic rings. The zero-order chi connectivity index (χ0) is 8.69. The zero-order valence-corrected chi connectivity index (χ0v) is 7.96. The van der Waals surface area contributed by atoms with Gasteiger partial charge >= 0.3 is 0 Å². The Kier molecular flexibility index (Phi) is 6.51. The summed E-state index contributed by atoms with van der Waals surface area (Å²) in [6, 6.07) is 0. The molecule has 0 amide bonds. The van der Waals surface area contributed by atoms with Gasteiger partial charge < -0.3 is 14.4 Å². The Morgan fingerprint density at radius 3 is 2.45 bits per heavy atom. The minimum atomic E-state index is 0.303. The van der Waals surface area contributed by atoms with E-state index in [1.165, 1.54) is 0 Å². The van der Waals surface area contributed by atoms with Crippen molar-refractivity contribution in [1.29, 1.82) is 0 Å². The van der Waals surface area contributed by atoms with Gasteiger partial charge in [-0.15, -0.1) is 0 Å². The lowest BCUT2D eigenvalue weighted by Gasteiger charge is -2.19. The fraction of sp³-hybridized carbons (Fsp3) is 1.00. The van der Waals surface area contributed by atoms with Crippen LogP contribution in [0.1, 0.15) is 6.92 Å². The number of ether oxygens (including phenoxy) is 2. The summed E-state index contributed by atoms with van der Waals surface area (Å²) < 4.78 is 10.1. The maximum Gasteiger partial charge on any atom is 0.0670 e. The molecule has 0 heterocycles. The highest BCUT2D eigenvalue weighted by atomic mass is 16.5. The van der Waals surface area contributed by atoms with Crippen LogP contribution in [0, 0.1) is 0 Å². The smallest absolute Gasteiger partial charge is 0.0670 e. The Morgan fingerprint density at radius 1 is 1.36 bits per heavy atom. The van der Waals surface area contributed by atoms with Crippen molar-refractivity contribution in [2.75, 3.05) is 41.0 Å². The van der Waals surface area contributed by atoms with Gasteiger partial charge in [0.2, 0.25) is 0 Å². The second-order valence-electron chi connectivity index (χ2n) is 2.80. The van der Waals surface area contributed by atoms with Gasteiger partial charge in [0.1, 0.15) is 0 Å². The third-order valence-electron chi connectivity index (χ3n) is 1.65. The highest BCUT2D eigenvalue weighted by Gasteiger charge is 2.03. The Hall–Kier alpha value is -0.120. The molecule has 0 aromatic heterocycles. The first-order valence-electron chi connectivity index (χ1n) is 3.91. The summed E-state index contributed by atoms with van der Waals surface area (Å²) in [6.07, 6.45) is 0.303. The molecule has 0 N–H and O–H groups in total. The average molecular weight is 161 g/mol. The number of rotatable bonds is 6. The van der Waals surface area contributed by atoms with Gasteiger partial charge in [0.25, 0.3) is 0 Å². The van der Waals surface area contributed by atoms with E-state index in [2.05, 4.69) is 18.9 Å². The fourth-order valence-corrected chi connectivity index (χ4v) is 0.852. The second kappa shape index (κ2) is 6.58. The third-order valence-corrected chi connectivity index (χ3v) is 1.65. The van der Waals surface area contributed by atoms with E-state index in [4.69, 9.17) is 9.47 Å². The van der Waals surface area contributed by atoms with E-state index < -0.39 is 0 Å². The van der Waals surface area contributed by atoms with Crippen LogP contribution in [0.2, 0.25) is 0 Å². The van der Waals surface area contributed by atoms with Gasteiger partial charge in [0.05, 0.1) is 12.7 Å². The van der Waals surface area contributed by atoms with Gasteiger partial charge in [-0.3, -0.25) is 0 Å². The summed E-state index contributed by atoms with van der Waals surface area (Å²) >= 11 is 0. The molecule has 0 aromatic carbocycles. The van der Waals surface area contributed by atoms with E-state index in [9.17, 15) is 0 Å². The number of methoxy groups -OCH3 is 2. The molecular formula is C8H19NO2. The summed E-state index contributed by atoms with van der Waals surface area (Å²) in [5.41, 5.74) is 0. The van der Waals surface area contributed by atoms with Crippen molar-refractivity contribution >= 4 is 0 Å². The normalized spacial score (nSPS) is 13.9. The summed E-state index contributed by atoms with van der Waals surface area (Å²) in [5.74, 6) is 0. The van der Waals surface area contributed by atoms with Crippen LogP contribution in [0.5, 0.6) is 0 Å². The highest BCUT2D eigenvalue weighted by Crippen LogP contribution is 1.91. The molecule has 1 unspecified atom stereocenters. The topological polar surface area (TPSA) is 21.7 Å². The minimum absolute atomic E-state index is 0.303. The Balaban J connectivity index is 3.27. The van der Waals surface area contributed by atoms with Crippen LogP contribution in [0.4, 0.5) is 0 Å². The van der Waals surface area contributed by atoms with Crippen molar-refractivity contribution in [2.45, 2.75) is 13.0 Å². The maximum atomic E-state index is 5.12. The Labute approximate surface area is 69.3 Å². The largest absolute Gasteiger partial charge is 0.383 e. The van der Waals surface area contributed by atoms with Gasteiger partial charge in [-0.25, -0.2) is 0 Å². The van der Waals surface area contributed by atoms with Crippen LogP contribution in [0.3, 0.4) is 0 Å². The molecule has 0 radical (unpaired) electrons. The molecule has 1 atom stereocenters. The third kappa shape index (κ3) is 6.28. The van der Waals surface area contributed by atoms with Gasteiger partial charge in [-0.1, -0.05) is 0 Å². The molecular weight excluding hydrogens is 142 g/mol. The lowest BCUT2D eigenvalue weighted by Crippen LogP contribution is -2.31. The number of hydrogen-bond donors (Lipinski definition) is 0. The van der Waals surface area contributed by atoms with Crippen molar-refractivity contribution in [1.82, 2.24) is 4.90 Å². The monoisotopic (exact) mass is 161 g/mol. The van der Waals surface area contributed by atoms with Crippen molar-refractivity contribution in [2.24, 2.45) is 0 Å². The van der Waals surface area contributed by atoms with Gasteiger partial charge in [0, 0.05) is 27.3 Å². The Bertz CT molecular complexity index is 88.2. The average Bonchev–Trinajstić information content (AvgIpc) is 2.00. The number of hydrogen-bond acceptors (Lipinski definition) is 3. The molecule has 0 aliphatic heterocycles. The maximum absolute atomic E-state index is 5.12. The summed E-state index contributed by atoms with van der Waals surface area (Å²) in [4.78, 5) is 2.19. The molecule has 0 spiro atoms. The van der Waals surface area contributed by atoms with E-state index in [0.717, 1.165) is 19.7 Å². The van der Waals surface area contributed by atoms with Crippen molar-refractivity contribution < 1.29 is 9.47 Å². The van der Waals surface area contributed by atoms with E-state index in [1.54, 1.807) is 14.2 Å². The van der Waals surface area contributed by atoms with E-state index >= 15 is 0 Å². The lowest BCUT2D eigenvalue weighted by atomic mass is 10.4. The lowest BCUT2D eigenvalue weighted by molar-refractivity contribution is 0.0747. The van der Waals surface area contributed by atoms with Gasteiger partial charge in [0.15, 0.2) is 0 Å². The van der Waals surface area contributed by atoms with Crippen LogP contribution in [0.15, 0.2) is 0 Å². The van der Waals surface area contributed by atoms with Crippen LogP contribution in [0.25, 0.3) is 0 Å². The number of likely N-dealkylation sites (N-methyl/N-ethyl adjacent to an activating group) is 1. The van der Waals surface area contributed by atoms with Crippen LogP contribution < -0.4 is 0 Å². The first-order valence-corrected chi connectivity index (χ1v) is 3.91.